The third-order valence-corrected chi connectivity index (χ3v) is 5.86. The van der Waals surface area contributed by atoms with Crippen molar-refractivity contribution >= 4 is 33.2 Å². The molecule has 2 N–H and O–H groups in total. The molecule has 2 aromatic rings. The Morgan fingerprint density at radius 2 is 1.60 bits per heavy atom. The molecule has 0 fully saturated rings. The Hall–Kier alpha value is -1.89. The first-order valence-electron chi connectivity index (χ1n) is 7.73. The predicted molar refractivity (Wildman–Crippen MR) is 101 cm³/mol. The van der Waals surface area contributed by atoms with E-state index in [1.54, 1.807) is 44.2 Å². The summed E-state index contributed by atoms with van der Waals surface area (Å²) in [5, 5.41) is 3.15. The van der Waals surface area contributed by atoms with E-state index in [9.17, 15) is 13.2 Å². The molecule has 7 heteroatoms. The lowest BCUT2D eigenvalue weighted by atomic mass is 10.1. The minimum atomic E-state index is -3.78. The summed E-state index contributed by atoms with van der Waals surface area (Å²) in [6.07, 6.45) is 0. The van der Waals surface area contributed by atoms with Crippen LogP contribution in [0.2, 0.25) is 5.02 Å². The van der Waals surface area contributed by atoms with E-state index in [4.69, 9.17) is 11.6 Å². The van der Waals surface area contributed by atoms with Crippen molar-refractivity contribution in [2.45, 2.75) is 32.6 Å². The monoisotopic (exact) mass is 380 g/mol. The second-order valence-corrected chi connectivity index (χ2v) is 8.18. The Balaban J connectivity index is 2.09. The minimum absolute atomic E-state index is 0.212. The van der Waals surface area contributed by atoms with E-state index >= 15 is 0 Å². The molecule has 5 nitrogen and oxygen atoms in total. The van der Waals surface area contributed by atoms with Crippen molar-refractivity contribution in [3.05, 3.63) is 57.6 Å². The van der Waals surface area contributed by atoms with Crippen molar-refractivity contribution in [3.63, 3.8) is 0 Å². The first kappa shape index (κ1) is 19.4. The van der Waals surface area contributed by atoms with Gasteiger partial charge in [-0.05, 0) is 56.5 Å². The highest BCUT2D eigenvalue weighted by Crippen LogP contribution is 2.22. The normalized spacial score (nSPS) is 11.4. The Morgan fingerprint density at radius 1 is 1.00 bits per heavy atom. The molecule has 2 aromatic carbocycles. The fraction of sp³-hybridized carbons (Fsp3) is 0.278. The van der Waals surface area contributed by atoms with Crippen LogP contribution >= 0.6 is 11.6 Å². The summed E-state index contributed by atoms with van der Waals surface area (Å²) in [5.41, 5.74) is 3.70. The number of benzene rings is 2. The van der Waals surface area contributed by atoms with E-state index in [-0.39, 0.29) is 11.4 Å². The molecular weight excluding hydrogens is 360 g/mol. The average molecular weight is 381 g/mol. The molecule has 134 valence electrons. The van der Waals surface area contributed by atoms with E-state index in [0.29, 0.717) is 21.8 Å². The van der Waals surface area contributed by atoms with Crippen LogP contribution in [-0.4, -0.2) is 20.9 Å². The van der Waals surface area contributed by atoms with Crippen molar-refractivity contribution in [2.24, 2.45) is 0 Å². The van der Waals surface area contributed by atoms with E-state index in [1.165, 1.54) is 0 Å². The largest absolute Gasteiger partial charge is 0.325 e. The number of nitrogens with one attached hydrogen (secondary N) is 2. The summed E-state index contributed by atoms with van der Waals surface area (Å²) >= 11 is 6.01. The smallest absolute Gasteiger partial charge is 0.241 e. The molecule has 0 aliphatic carbocycles. The molecule has 1 amide bonds. The van der Waals surface area contributed by atoms with E-state index in [0.717, 1.165) is 11.1 Å². The first-order valence-corrected chi connectivity index (χ1v) is 9.60. The molecule has 0 heterocycles. The zero-order valence-electron chi connectivity index (χ0n) is 14.6. The van der Waals surface area contributed by atoms with Gasteiger partial charge in [-0.3, -0.25) is 4.79 Å². The number of amides is 1. The number of hydrogen-bond donors (Lipinski definition) is 2. The molecule has 2 rings (SSSR count). The molecule has 0 atom stereocenters. The zero-order chi connectivity index (χ0) is 18.8. The maximum absolute atomic E-state index is 12.5. The number of hydrogen-bond acceptors (Lipinski definition) is 3. The molecule has 0 aromatic heterocycles. The Kier molecular flexibility index (Phi) is 5.87. The van der Waals surface area contributed by atoms with Crippen molar-refractivity contribution in [3.8, 4) is 0 Å². The highest BCUT2D eigenvalue weighted by atomic mass is 35.5. The maximum atomic E-state index is 12.5. The van der Waals surface area contributed by atoms with Crippen molar-refractivity contribution in [1.29, 1.82) is 0 Å². The quantitative estimate of drug-likeness (QED) is 0.833. The third kappa shape index (κ3) is 4.81. The van der Waals surface area contributed by atoms with Crippen molar-refractivity contribution < 1.29 is 13.2 Å². The van der Waals surface area contributed by atoms with E-state index < -0.39 is 15.9 Å². The molecule has 0 radical (unpaired) electrons. The molecule has 0 unspecified atom stereocenters. The number of halogens is 1. The van der Waals surface area contributed by atoms with Crippen LogP contribution in [-0.2, 0) is 14.8 Å². The first-order chi connectivity index (χ1) is 11.6. The van der Waals surface area contributed by atoms with Gasteiger partial charge in [-0.2, -0.15) is 0 Å². The van der Waals surface area contributed by atoms with Crippen LogP contribution in [0.1, 0.15) is 22.3 Å². The summed E-state index contributed by atoms with van der Waals surface area (Å²) in [7, 11) is -3.78. The van der Waals surface area contributed by atoms with Crippen LogP contribution in [0.15, 0.2) is 35.2 Å². The summed E-state index contributed by atoms with van der Waals surface area (Å²) in [6, 6.07) is 8.71. The molecule has 25 heavy (non-hydrogen) atoms. The van der Waals surface area contributed by atoms with E-state index in [1.807, 2.05) is 13.8 Å². The summed E-state index contributed by atoms with van der Waals surface area (Å²) in [5.74, 6) is -0.467. The molecule has 0 saturated carbocycles. The SMILES string of the molecule is Cc1cc(C)c(S(=O)(=O)NCC(=O)Nc2ccc(C)c(Cl)c2)c(C)c1. The maximum Gasteiger partial charge on any atom is 0.241 e. The van der Waals surface area contributed by atoms with Crippen LogP contribution in [0.25, 0.3) is 0 Å². The standard InChI is InChI=1S/C18H21ClN2O3S/c1-11-7-13(3)18(14(4)8-11)25(23,24)20-10-17(22)21-15-6-5-12(2)16(19)9-15/h5-9,20H,10H2,1-4H3,(H,21,22). The van der Waals surface area contributed by atoms with Crippen molar-refractivity contribution in [2.75, 3.05) is 11.9 Å². The highest BCUT2D eigenvalue weighted by Gasteiger charge is 2.20. The molecular formula is C18H21ClN2O3S. The van der Waals surface area contributed by atoms with Crippen LogP contribution in [0, 0.1) is 27.7 Å². The molecule has 0 aliphatic heterocycles. The summed E-state index contributed by atoms with van der Waals surface area (Å²) < 4.78 is 27.4. The van der Waals surface area contributed by atoms with Gasteiger partial charge in [-0.15, -0.1) is 0 Å². The van der Waals surface area contributed by atoms with Crippen LogP contribution in [0.4, 0.5) is 5.69 Å². The second-order valence-electron chi connectivity index (χ2n) is 6.06. The lowest BCUT2D eigenvalue weighted by molar-refractivity contribution is -0.115. The number of carbonyl (C=O) groups is 1. The summed E-state index contributed by atoms with van der Waals surface area (Å²) in [4.78, 5) is 12.2. The predicted octanol–water partition coefficient (Wildman–Crippen LogP) is 3.49. The fourth-order valence-electron chi connectivity index (χ4n) is 2.70. The van der Waals surface area contributed by atoms with Gasteiger partial charge in [-0.1, -0.05) is 35.4 Å². The number of aryl methyl sites for hydroxylation is 4. The lowest BCUT2D eigenvalue weighted by Gasteiger charge is -2.13. The van der Waals surface area contributed by atoms with Gasteiger partial charge < -0.3 is 5.32 Å². The lowest BCUT2D eigenvalue weighted by Crippen LogP contribution is -2.33. The molecule has 0 spiro atoms. The second kappa shape index (κ2) is 7.56. The van der Waals surface area contributed by atoms with Gasteiger partial charge in [-0.25, -0.2) is 13.1 Å². The minimum Gasteiger partial charge on any atom is -0.325 e. The van der Waals surface area contributed by atoms with Gasteiger partial charge in [0.1, 0.15) is 0 Å². The van der Waals surface area contributed by atoms with Gasteiger partial charge in [0.05, 0.1) is 11.4 Å². The fourth-order valence-corrected chi connectivity index (χ4v) is 4.31. The molecule has 0 saturated heterocycles. The zero-order valence-corrected chi connectivity index (χ0v) is 16.2. The topological polar surface area (TPSA) is 75.3 Å². The molecule has 0 bridgehead atoms. The Labute approximate surface area is 153 Å². The van der Waals surface area contributed by atoms with Crippen molar-refractivity contribution in [1.82, 2.24) is 4.72 Å². The Morgan fingerprint density at radius 3 is 2.16 bits per heavy atom. The highest BCUT2D eigenvalue weighted by molar-refractivity contribution is 7.89. The molecule has 0 aliphatic rings. The van der Waals surface area contributed by atoms with Gasteiger partial charge in [0, 0.05) is 10.7 Å². The van der Waals surface area contributed by atoms with Gasteiger partial charge in [0.15, 0.2) is 0 Å². The number of carbonyl (C=O) groups excluding carboxylic acids is 1. The number of anilines is 1. The van der Waals surface area contributed by atoms with Crippen LogP contribution in [0.5, 0.6) is 0 Å². The van der Waals surface area contributed by atoms with Gasteiger partial charge in [0.2, 0.25) is 15.9 Å². The van der Waals surface area contributed by atoms with Gasteiger partial charge >= 0.3 is 0 Å². The third-order valence-electron chi connectivity index (χ3n) is 3.75. The number of rotatable bonds is 5. The Bertz CT molecular complexity index is 901. The number of sulfonamides is 1. The van der Waals surface area contributed by atoms with E-state index in [2.05, 4.69) is 10.0 Å². The summed E-state index contributed by atoms with van der Waals surface area (Å²) in [6.45, 7) is 6.88. The van der Waals surface area contributed by atoms with Gasteiger partial charge in [0.25, 0.3) is 0 Å². The van der Waals surface area contributed by atoms with Crippen LogP contribution in [0.3, 0.4) is 0 Å². The average Bonchev–Trinajstić information content (AvgIpc) is 2.48. The van der Waals surface area contributed by atoms with Crippen LogP contribution < -0.4 is 10.0 Å².